The summed E-state index contributed by atoms with van der Waals surface area (Å²) in [5.41, 5.74) is 1.26. The number of nitrogens with one attached hydrogen (secondary N) is 2. The average Bonchev–Trinajstić information content (AvgIpc) is 2.24. The lowest BCUT2D eigenvalue weighted by molar-refractivity contribution is -0.139. The summed E-state index contributed by atoms with van der Waals surface area (Å²) >= 11 is 0. The van der Waals surface area contributed by atoms with Gasteiger partial charge in [-0.3, -0.25) is 4.79 Å². The van der Waals surface area contributed by atoms with E-state index in [4.69, 9.17) is 4.74 Å². The number of hydrogen-bond acceptors (Lipinski definition) is 4. The lowest BCUT2D eigenvalue weighted by atomic mass is 9.93. The maximum atomic E-state index is 11.7. The van der Waals surface area contributed by atoms with E-state index in [-0.39, 0.29) is 0 Å². The van der Waals surface area contributed by atoms with Gasteiger partial charge in [0.2, 0.25) is 6.41 Å². The highest BCUT2D eigenvalue weighted by molar-refractivity contribution is 5.91. The average molecular weight is 240 g/mol. The normalized spacial score (nSPS) is 24.1. The van der Waals surface area contributed by atoms with E-state index >= 15 is 0 Å². The predicted octanol–water partition coefficient (Wildman–Crippen LogP) is 0.710. The van der Waals surface area contributed by atoms with Crippen molar-refractivity contribution >= 4 is 12.4 Å². The first kappa shape index (κ1) is 13.7. The molecule has 1 aliphatic heterocycles. The van der Waals surface area contributed by atoms with Crippen molar-refractivity contribution in [3.63, 3.8) is 0 Å². The summed E-state index contributed by atoms with van der Waals surface area (Å²) in [6.07, 6.45) is 2.02. The number of amides is 1. The lowest BCUT2D eigenvalue weighted by Crippen LogP contribution is -2.41. The Labute approximate surface area is 102 Å². The van der Waals surface area contributed by atoms with Gasteiger partial charge in [0.25, 0.3) is 0 Å². The van der Waals surface area contributed by atoms with Gasteiger partial charge in [0, 0.05) is 12.1 Å². The fourth-order valence-corrected chi connectivity index (χ4v) is 2.20. The maximum Gasteiger partial charge on any atom is 0.354 e. The molecule has 0 aromatic rings. The molecule has 17 heavy (non-hydrogen) atoms. The summed E-state index contributed by atoms with van der Waals surface area (Å²) < 4.78 is 4.94. The number of hydrogen-bond donors (Lipinski definition) is 2. The Bertz CT molecular complexity index is 314. The largest absolute Gasteiger partial charge is 0.461 e. The van der Waals surface area contributed by atoms with Gasteiger partial charge in [-0.25, -0.2) is 4.79 Å². The standard InChI is InChI=1S/C12H20N2O3/c1-4-17-12(16)11(13-7-15)10-5-8(2)14-9(3)6-10/h7-9,14H,4-6H2,1-3H3,(H,13,15). The van der Waals surface area contributed by atoms with Crippen molar-refractivity contribution in [2.75, 3.05) is 6.61 Å². The van der Waals surface area contributed by atoms with Gasteiger partial charge in [-0.1, -0.05) is 0 Å². The summed E-state index contributed by atoms with van der Waals surface area (Å²) in [5, 5.41) is 5.85. The van der Waals surface area contributed by atoms with E-state index in [1.807, 2.05) is 0 Å². The van der Waals surface area contributed by atoms with Crippen LogP contribution in [0.3, 0.4) is 0 Å². The van der Waals surface area contributed by atoms with E-state index in [0.717, 1.165) is 18.4 Å². The van der Waals surface area contributed by atoms with Gasteiger partial charge >= 0.3 is 5.97 Å². The molecule has 5 heteroatoms. The minimum Gasteiger partial charge on any atom is -0.461 e. The van der Waals surface area contributed by atoms with Crippen LogP contribution in [-0.4, -0.2) is 31.1 Å². The Kier molecular flexibility index (Phi) is 5.15. The van der Waals surface area contributed by atoms with Gasteiger partial charge in [-0.2, -0.15) is 0 Å². The Balaban J connectivity index is 2.92. The molecular weight excluding hydrogens is 220 g/mol. The molecule has 96 valence electrons. The van der Waals surface area contributed by atoms with Crippen LogP contribution in [0.2, 0.25) is 0 Å². The summed E-state index contributed by atoms with van der Waals surface area (Å²) in [6, 6.07) is 0.596. The quantitative estimate of drug-likeness (QED) is 0.431. The van der Waals surface area contributed by atoms with Gasteiger partial charge in [-0.05, 0) is 39.2 Å². The van der Waals surface area contributed by atoms with Gasteiger partial charge < -0.3 is 15.4 Å². The van der Waals surface area contributed by atoms with Gasteiger partial charge in [0.15, 0.2) is 0 Å². The summed E-state index contributed by atoms with van der Waals surface area (Å²) in [5.74, 6) is -0.448. The third kappa shape index (κ3) is 3.85. The number of piperidine rings is 1. The Morgan fingerprint density at radius 1 is 1.47 bits per heavy atom. The van der Waals surface area contributed by atoms with E-state index < -0.39 is 5.97 Å². The van der Waals surface area contributed by atoms with E-state index in [0.29, 0.717) is 30.8 Å². The summed E-state index contributed by atoms with van der Waals surface area (Å²) in [6.45, 7) is 6.16. The highest BCUT2D eigenvalue weighted by atomic mass is 16.5. The number of carbonyl (C=O) groups is 2. The molecule has 0 bridgehead atoms. The van der Waals surface area contributed by atoms with Crippen LogP contribution in [0.25, 0.3) is 0 Å². The van der Waals surface area contributed by atoms with Crippen LogP contribution in [0, 0.1) is 0 Å². The van der Waals surface area contributed by atoms with Crippen molar-refractivity contribution < 1.29 is 14.3 Å². The SMILES string of the molecule is CCOC(=O)C(NC=O)=C1CC(C)NC(C)C1. The van der Waals surface area contributed by atoms with E-state index in [9.17, 15) is 9.59 Å². The molecule has 1 rings (SSSR count). The molecule has 0 spiro atoms. The fourth-order valence-electron chi connectivity index (χ4n) is 2.20. The highest BCUT2D eigenvalue weighted by Crippen LogP contribution is 2.22. The molecule has 0 radical (unpaired) electrons. The van der Waals surface area contributed by atoms with Crippen LogP contribution in [0.15, 0.2) is 11.3 Å². The first-order chi connectivity index (χ1) is 8.08. The molecule has 0 aromatic heterocycles. The molecular formula is C12H20N2O3. The number of ether oxygens (including phenoxy) is 1. The van der Waals surface area contributed by atoms with Crippen molar-refractivity contribution in [2.45, 2.75) is 45.7 Å². The molecule has 0 aliphatic carbocycles. The van der Waals surface area contributed by atoms with Crippen LogP contribution < -0.4 is 10.6 Å². The minimum absolute atomic E-state index is 0.298. The molecule has 2 atom stereocenters. The summed E-state index contributed by atoms with van der Waals surface area (Å²) in [7, 11) is 0. The second-order valence-corrected chi connectivity index (χ2v) is 4.34. The molecule has 2 N–H and O–H groups in total. The van der Waals surface area contributed by atoms with E-state index in [1.165, 1.54) is 0 Å². The van der Waals surface area contributed by atoms with Crippen molar-refractivity contribution in [1.29, 1.82) is 0 Å². The smallest absolute Gasteiger partial charge is 0.354 e. The molecule has 1 aliphatic rings. The second-order valence-electron chi connectivity index (χ2n) is 4.34. The predicted molar refractivity (Wildman–Crippen MR) is 64.2 cm³/mol. The fraction of sp³-hybridized carbons (Fsp3) is 0.667. The van der Waals surface area contributed by atoms with Crippen LogP contribution in [0.4, 0.5) is 0 Å². The maximum absolute atomic E-state index is 11.7. The molecule has 1 fully saturated rings. The number of carbonyl (C=O) groups excluding carboxylic acids is 2. The first-order valence-corrected chi connectivity index (χ1v) is 5.93. The van der Waals surface area contributed by atoms with Crippen molar-refractivity contribution in [1.82, 2.24) is 10.6 Å². The van der Waals surface area contributed by atoms with Crippen LogP contribution >= 0.6 is 0 Å². The first-order valence-electron chi connectivity index (χ1n) is 5.93. The molecule has 1 amide bonds. The van der Waals surface area contributed by atoms with E-state index in [1.54, 1.807) is 6.92 Å². The highest BCUT2D eigenvalue weighted by Gasteiger charge is 2.24. The van der Waals surface area contributed by atoms with Crippen LogP contribution in [-0.2, 0) is 14.3 Å². The second kappa shape index (κ2) is 6.39. The molecule has 0 saturated carbocycles. The zero-order valence-electron chi connectivity index (χ0n) is 10.6. The topological polar surface area (TPSA) is 67.4 Å². The summed E-state index contributed by atoms with van der Waals surface area (Å²) in [4.78, 5) is 22.3. The zero-order valence-corrected chi connectivity index (χ0v) is 10.6. The number of rotatable bonds is 4. The minimum atomic E-state index is -0.448. The van der Waals surface area contributed by atoms with Gasteiger partial charge in [0.1, 0.15) is 5.70 Å². The van der Waals surface area contributed by atoms with Crippen molar-refractivity contribution in [2.24, 2.45) is 0 Å². The molecule has 0 aromatic carbocycles. The van der Waals surface area contributed by atoms with E-state index in [2.05, 4.69) is 24.5 Å². The molecule has 5 nitrogen and oxygen atoms in total. The molecule has 2 unspecified atom stereocenters. The molecule has 1 heterocycles. The third-order valence-electron chi connectivity index (χ3n) is 2.71. The monoisotopic (exact) mass is 240 g/mol. The van der Waals surface area contributed by atoms with Crippen molar-refractivity contribution in [3.8, 4) is 0 Å². The number of esters is 1. The zero-order chi connectivity index (χ0) is 12.8. The Morgan fingerprint density at radius 2 is 2.06 bits per heavy atom. The van der Waals surface area contributed by atoms with Crippen LogP contribution in [0.1, 0.15) is 33.6 Å². The third-order valence-corrected chi connectivity index (χ3v) is 2.71. The van der Waals surface area contributed by atoms with Crippen LogP contribution in [0.5, 0.6) is 0 Å². The van der Waals surface area contributed by atoms with Gasteiger partial charge in [-0.15, -0.1) is 0 Å². The van der Waals surface area contributed by atoms with Crippen molar-refractivity contribution in [3.05, 3.63) is 11.3 Å². The van der Waals surface area contributed by atoms with Gasteiger partial charge in [0.05, 0.1) is 6.61 Å². The molecule has 1 saturated heterocycles. The Hall–Kier alpha value is -1.36. The Morgan fingerprint density at radius 3 is 2.53 bits per heavy atom. The lowest BCUT2D eigenvalue weighted by Gasteiger charge is -2.29.